The number of halogens is 3. The van der Waals surface area contributed by atoms with Gasteiger partial charge < -0.3 is 9.47 Å². The maximum atomic E-state index is 12.9. The van der Waals surface area contributed by atoms with Gasteiger partial charge in [0.25, 0.3) is 5.56 Å². The van der Waals surface area contributed by atoms with Gasteiger partial charge in [-0.25, -0.2) is 0 Å². The fourth-order valence-electron chi connectivity index (χ4n) is 3.46. The first-order valence-corrected chi connectivity index (χ1v) is 8.90. The Morgan fingerprint density at radius 3 is 2.74 bits per heavy atom. The molecule has 3 heterocycles. The molecule has 1 fully saturated rings. The van der Waals surface area contributed by atoms with Crippen LogP contribution in [0.2, 0.25) is 0 Å². The van der Waals surface area contributed by atoms with E-state index in [1.54, 1.807) is 15.8 Å². The number of carbonyl (C=O) groups is 1. The van der Waals surface area contributed by atoms with Crippen LogP contribution >= 0.6 is 0 Å². The zero-order chi connectivity index (χ0) is 19.4. The van der Waals surface area contributed by atoms with E-state index in [-0.39, 0.29) is 18.5 Å². The molecule has 1 amide bonds. The fourth-order valence-corrected chi connectivity index (χ4v) is 3.46. The lowest BCUT2D eigenvalue weighted by atomic mass is 9.99. The molecular formula is C18H21F3N4O2. The normalized spacial score (nSPS) is 17.9. The van der Waals surface area contributed by atoms with Crippen molar-refractivity contribution in [3.05, 3.63) is 52.7 Å². The number of aryl methyl sites for hydroxylation is 1. The minimum atomic E-state index is -4.74. The summed E-state index contributed by atoms with van der Waals surface area (Å²) in [4.78, 5) is 26.5. The van der Waals surface area contributed by atoms with Crippen LogP contribution in [0.1, 0.15) is 31.2 Å². The number of aromatic nitrogens is 3. The minimum Gasteiger partial charge on any atom is -0.338 e. The van der Waals surface area contributed by atoms with Crippen molar-refractivity contribution >= 4 is 5.91 Å². The summed E-state index contributed by atoms with van der Waals surface area (Å²) in [6.07, 6.45) is 3.41. The monoisotopic (exact) mass is 382 g/mol. The third-order valence-corrected chi connectivity index (χ3v) is 4.83. The molecule has 0 aromatic carbocycles. The molecule has 1 saturated heterocycles. The van der Waals surface area contributed by atoms with Crippen LogP contribution in [-0.2, 0) is 24.1 Å². The Morgan fingerprint density at radius 2 is 2.04 bits per heavy atom. The summed E-state index contributed by atoms with van der Waals surface area (Å²) >= 11 is 0. The molecule has 146 valence electrons. The van der Waals surface area contributed by atoms with E-state index >= 15 is 0 Å². The highest BCUT2D eigenvalue weighted by Gasteiger charge is 2.34. The second-order valence-corrected chi connectivity index (χ2v) is 6.65. The van der Waals surface area contributed by atoms with Crippen molar-refractivity contribution in [3.8, 4) is 0 Å². The van der Waals surface area contributed by atoms with Gasteiger partial charge in [0.15, 0.2) is 0 Å². The number of alkyl halides is 3. The first-order valence-electron chi connectivity index (χ1n) is 8.90. The molecule has 1 aliphatic heterocycles. The molecule has 2 aromatic rings. The third-order valence-electron chi connectivity index (χ3n) is 4.83. The molecule has 0 aliphatic carbocycles. The Balaban J connectivity index is 1.71. The van der Waals surface area contributed by atoms with E-state index in [4.69, 9.17) is 0 Å². The largest absolute Gasteiger partial charge is 0.421 e. The van der Waals surface area contributed by atoms with Crippen molar-refractivity contribution in [2.24, 2.45) is 0 Å². The molecule has 3 rings (SSSR count). The minimum absolute atomic E-state index is 0.00282. The predicted octanol–water partition coefficient (Wildman–Crippen LogP) is 2.54. The molecule has 0 unspecified atom stereocenters. The van der Waals surface area contributed by atoms with Gasteiger partial charge in [-0.3, -0.25) is 14.3 Å². The van der Waals surface area contributed by atoms with E-state index in [1.807, 2.05) is 12.3 Å². The van der Waals surface area contributed by atoms with Gasteiger partial charge in [0.1, 0.15) is 12.1 Å². The lowest BCUT2D eigenvalue weighted by Crippen LogP contribution is -2.46. The average Bonchev–Trinajstić information content (AvgIpc) is 3.14. The first-order chi connectivity index (χ1) is 12.9. The smallest absolute Gasteiger partial charge is 0.338 e. The summed E-state index contributed by atoms with van der Waals surface area (Å²) in [6, 6.07) is 3.70. The van der Waals surface area contributed by atoms with Crippen LogP contribution in [0.25, 0.3) is 0 Å². The number of rotatable bonds is 5. The molecule has 0 radical (unpaired) electrons. The van der Waals surface area contributed by atoms with E-state index in [1.165, 1.54) is 6.20 Å². The molecule has 1 aliphatic rings. The number of hydrogen-bond donors (Lipinski definition) is 0. The number of pyridine rings is 1. The van der Waals surface area contributed by atoms with Crippen molar-refractivity contribution in [1.29, 1.82) is 0 Å². The summed E-state index contributed by atoms with van der Waals surface area (Å²) in [5.41, 5.74) is -2.45. The molecule has 1 atom stereocenters. The van der Waals surface area contributed by atoms with Crippen LogP contribution in [0.5, 0.6) is 0 Å². The molecule has 0 spiro atoms. The van der Waals surface area contributed by atoms with Crippen LogP contribution in [0.15, 0.2) is 41.6 Å². The Labute approximate surface area is 154 Å². The summed E-state index contributed by atoms with van der Waals surface area (Å²) in [5.74, 6) is -0.332. The number of carbonyl (C=O) groups excluding carboxylic acids is 1. The van der Waals surface area contributed by atoms with Crippen LogP contribution < -0.4 is 5.56 Å². The van der Waals surface area contributed by atoms with Crippen molar-refractivity contribution < 1.29 is 18.0 Å². The maximum Gasteiger partial charge on any atom is 0.421 e. The molecule has 0 N–H and O–H groups in total. The molecule has 6 nitrogen and oxygen atoms in total. The van der Waals surface area contributed by atoms with E-state index in [0.717, 1.165) is 36.0 Å². The second-order valence-electron chi connectivity index (χ2n) is 6.65. The van der Waals surface area contributed by atoms with Crippen LogP contribution in [-0.4, -0.2) is 37.7 Å². The number of amides is 1. The van der Waals surface area contributed by atoms with Crippen LogP contribution in [0.3, 0.4) is 0 Å². The highest BCUT2D eigenvalue weighted by atomic mass is 19.4. The van der Waals surface area contributed by atoms with Gasteiger partial charge in [-0.15, -0.1) is 0 Å². The van der Waals surface area contributed by atoms with Gasteiger partial charge in [-0.05, 0) is 43.9 Å². The van der Waals surface area contributed by atoms with Crippen LogP contribution in [0, 0.1) is 0 Å². The number of nitrogens with zero attached hydrogens (tertiary/aromatic N) is 4. The van der Waals surface area contributed by atoms with Gasteiger partial charge in [0, 0.05) is 37.7 Å². The van der Waals surface area contributed by atoms with Gasteiger partial charge in [-0.1, -0.05) is 0 Å². The number of piperidine rings is 1. The van der Waals surface area contributed by atoms with E-state index in [0.29, 0.717) is 19.5 Å². The fraction of sp³-hybridized carbons (Fsp3) is 0.500. The summed E-state index contributed by atoms with van der Waals surface area (Å²) < 4.78 is 41.3. The molecule has 9 heteroatoms. The van der Waals surface area contributed by atoms with Crippen LogP contribution in [0.4, 0.5) is 13.2 Å². The summed E-state index contributed by atoms with van der Waals surface area (Å²) in [7, 11) is 0. The quantitative estimate of drug-likeness (QED) is 0.799. The zero-order valence-electron chi connectivity index (χ0n) is 14.7. The lowest BCUT2D eigenvalue weighted by Gasteiger charge is -2.36. The maximum absolute atomic E-state index is 12.9. The first kappa shape index (κ1) is 19.2. The zero-order valence-corrected chi connectivity index (χ0v) is 14.7. The van der Waals surface area contributed by atoms with Gasteiger partial charge in [-0.2, -0.15) is 18.3 Å². The SMILES string of the molecule is O=C(Cn1cccc(C(F)(F)F)c1=O)N1CCCC[C@@H]1CCn1cccn1. The van der Waals surface area contributed by atoms with Crippen molar-refractivity contribution in [2.45, 2.75) is 51.0 Å². The molecule has 0 saturated carbocycles. The predicted molar refractivity (Wildman–Crippen MR) is 91.9 cm³/mol. The van der Waals surface area contributed by atoms with Gasteiger partial charge in [0.05, 0.1) is 0 Å². The molecule has 2 aromatic heterocycles. The number of hydrogen-bond acceptors (Lipinski definition) is 3. The van der Waals surface area contributed by atoms with Crippen molar-refractivity contribution in [1.82, 2.24) is 19.2 Å². The van der Waals surface area contributed by atoms with Crippen molar-refractivity contribution in [3.63, 3.8) is 0 Å². The Hall–Kier alpha value is -2.58. The van der Waals surface area contributed by atoms with E-state index in [2.05, 4.69) is 5.10 Å². The van der Waals surface area contributed by atoms with Gasteiger partial charge >= 0.3 is 6.18 Å². The topological polar surface area (TPSA) is 60.1 Å². The number of likely N-dealkylation sites (tertiary alicyclic amines) is 1. The molecular weight excluding hydrogens is 361 g/mol. The molecule has 27 heavy (non-hydrogen) atoms. The summed E-state index contributed by atoms with van der Waals surface area (Å²) in [5, 5.41) is 4.14. The average molecular weight is 382 g/mol. The Morgan fingerprint density at radius 1 is 1.22 bits per heavy atom. The molecule has 0 bridgehead atoms. The standard InChI is InChI=1S/C18H21F3N4O2/c19-18(20,21)15-6-3-9-23(17(15)27)13-16(26)25-11-2-1-5-14(25)7-12-24-10-4-8-22-24/h3-4,6,8-10,14H,1-2,5,7,11-13H2/t14-/m1/s1. The highest BCUT2D eigenvalue weighted by molar-refractivity contribution is 5.76. The van der Waals surface area contributed by atoms with Gasteiger partial charge in [0.2, 0.25) is 5.91 Å². The third kappa shape index (κ3) is 4.58. The van der Waals surface area contributed by atoms with E-state index in [9.17, 15) is 22.8 Å². The highest BCUT2D eigenvalue weighted by Crippen LogP contribution is 2.26. The Kier molecular flexibility index (Phi) is 5.67. The van der Waals surface area contributed by atoms with E-state index < -0.39 is 17.3 Å². The Bertz CT molecular complexity index is 830. The lowest BCUT2D eigenvalue weighted by molar-refractivity contribution is -0.140. The second kappa shape index (κ2) is 7.98. The summed E-state index contributed by atoms with van der Waals surface area (Å²) in [6.45, 7) is 0.822. The van der Waals surface area contributed by atoms with Crippen molar-refractivity contribution in [2.75, 3.05) is 6.54 Å².